The third-order valence-electron chi connectivity index (χ3n) is 3.07. The number of aromatic nitrogens is 1. The van der Waals surface area contributed by atoms with Gasteiger partial charge in [-0.3, -0.25) is 4.98 Å². The number of methoxy groups -OCH3 is 1. The zero-order chi connectivity index (χ0) is 15.2. The summed E-state index contributed by atoms with van der Waals surface area (Å²) in [5.74, 6) is 1.02. The summed E-state index contributed by atoms with van der Waals surface area (Å²) in [7, 11) is 1.60. The van der Waals surface area contributed by atoms with E-state index in [0.717, 1.165) is 11.3 Å². The number of rotatable bonds is 6. The number of hydrogen-bond acceptors (Lipinski definition) is 4. The number of nitrogens with one attached hydrogen (secondary N) is 1. The molecule has 0 radical (unpaired) electrons. The monoisotopic (exact) mass is 290 g/mol. The predicted molar refractivity (Wildman–Crippen MR) is 80.4 cm³/mol. The van der Waals surface area contributed by atoms with Gasteiger partial charge >= 0.3 is 0 Å². The van der Waals surface area contributed by atoms with Crippen LogP contribution < -0.4 is 14.8 Å². The topological polar surface area (TPSA) is 43.4 Å². The smallest absolute Gasteiger partial charge is 0.163 e. The summed E-state index contributed by atoms with van der Waals surface area (Å²) in [5, 5.41) is 3.29. The summed E-state index contributed by atoms with van der Waals surface area (Å²) in [6.07, 6.45) is 2.84. The van der Waals surface area contributed by atoms with Crippen LogP contribution in [0.25, 0.3) is 0 Å². The van der Waals surface area contributed by atoms with E-state index in [1.54, 1.807) is 13.3 Å². The van der Waals surface area contributed by atoms with Gasteiger partial charge in [-0.05, 0) is 37.6 Å². The number of nitrogens with zero attached hydrogens (tertiary/aromatic N) is 1. The largest absolute Gasteiger partial charge is 0.493 e. The average molecular weight is 290 g/mol. The van der Waals surface area contributed by atoms with Gasteiger partial charge in [-0.2, -0.15) is 0 Å². The number of benzene rings is 1. The van der Waals surface area contributed by atoms with E-state index in [1.165, 1.54) is 12.3 Å². The van der Waals surface area contributed by atoms with Gasteiger partial charge in [0.25, 0.3) is 0 Å². The number of anilines is 1. The number of halogens is 1. The second-order valence-corrected chi connectivity index (χ2v) is 4.60. The van der Waals surface area contributed by atoms with Gasteiger partial charge in [-0.15, -0.1) is 0 Å². The minimum atomic E-state index is -0.342. The quantitative estimate of drug-likeness (QED) is 0.878. The molecule has 5 heteroatoms. The molecule has 0 spiro atoms. The molecular weight excluding hydrogens is 271 g/mol. The maximum atomic E-state index is 13.2. The van der Waals surface area contributed by atoms with Gasteiger partial charge in [0.2, 0.25) is 0 Å². The summed E-state index contributed by atoms with van der Waals surface area (Å²) in [5.41, 5.74) is 1.65. The standard InChI is InChI=1S/C16H19FN2O2/c1-4-21-16-8-14(5-6-15(16)20-3)19-11(2)12-7-13(17)10-18-9-12/h5-11,19H,4H2,1-3H3. The molecule has 0 bridgehead atoms. The summed E-state index contributed by atoms with van der Waals surface area (Å²) in [6.45, 7) is 4.42. The molecule has 0 aliphatic heterocycles. The van der Waals surface area contributed by atoms with Crippen molar-refractivity contribution in [3.63, 3.8) is 0 Å². The summed E-state index contributed by atoms with van der Waals surface area (Å²) < 4.78 is 24.0. The Kier molecular flexibility index (Phi) is 4.98. The number of pyridine rings is 1. The van der Waals surface area contributed by atoms with E-state index in [0.29, 0.717) is 18.1 Å². The lowest BCUT2D eigenvalue weighted by Gasteiger charge is -2.17. The third kappa shape index (κ3) is 3.84. The maximum absolute atomic E-state index is 13.2. The summed E-state index contributed by atoms with van der Waals surface area (Å²) in [6, 6.07) is 6.99. The van der Waals surface area contributed by atoms with Gasteiger partial charge in [-0.1, -0.05) is 0 Å². The Hall–Kier alpha value is -2.30. The highest BCUT2D eigenvalue weighted by atomic mass is 19.1. The molecule has 21 heavy (non-hydrogen) atoms. The van der Waals surface area contributed by atoms with Gasteiger partial charge in [0.1, 0.15) is 5.82 Å². The van der Waals surface area contributed by atoms with E-state index in [4.69, 9.17) is 9.47 Å². The van der Waals surface area contributed by atoms with Crippen LogP contribution in [-0.4, -0.2) is 18.7 Å². The highest BCUT2D eigenvalue weighted by Crippen LogP contribution is 2.31. The van der Waals surface area contributed by atoms with Crippen LogP contribution in [0.4, 0.5) is 10.1 Å². The fraction of sp³-hybridized carbons (Fsp3) is 0.312. The fourth-order valence-electron chi connectivity index (χ4n) is 2.03. The SMILES string of the molecule is CCOc1cc(NC(C)c2cncc(F)c2)ccc1OC. The van der Waals surface area contributed by atoms with Crippen LogP contribution in [0, 0.1) is 5.82 Å². The molecule has 0 amide bonds. The first-order valence-corrected chi connectivity index (χ1v) is 6.82. The first-order chi connectivity index (χ1) is 10.1. The van der Waals surface area contributed by atoms with Crippen LogP contribution in [0.5, 0.6) is 11.5 Å². The van der Waals surface area contributed by atoms with E-state index in [2.05, 4.69) is 10.3 Å². The minimum absolute atomic E-state index is 0.0731. The van der Waals surface area contributed by atoms with Crippen molar-refractivity contribution in [3.8, 4) is 11.5 Å². The Morgan fingerprint density at radius 3 is 2.71 bits per heavy atom. The van der Waals surface area contributed by atoms with Gasteiger partial charge in [0.05, 0.1) is 26.0 Å². The highest BCUT2D eigenvalue weighted by molar-refractivity contribution is 5.55. The molecule has 1 aromatic heterocycles. The lowest BCUT2D eigenvalue weighted by molar-refractivity contribution is 0.311. The Balaban J connectivity index is 2.17. The Labute approximate surface area is 123 Å². The molecule has 0 aliphatic rings. The van der Waals surface area contributed by atoms with E-state index < -0.39 is 0 Å². The van der Waals surface area contributed by atoms with Crippen molar-refractivity contribution in [1.29, 1.82) is 0 Å². The molecule has 1 unspecified atom stereocenters. The lowest BCUT2D eigenvalue weighted by Crippen LogP contribution is -2.07. The summed E-state index contributed by atoms with van der Waals surface area (Å²) in [4.78, 5) is 3.86. The molecular formula is C16H19FN2O2. The van der Waals surface area contributed by atoms with Crippen LogP contribution in [0.3, 0.4) is 0 Å². The van der Waals surface area contributed by atoms with Crippen molar-refractivity contribution >= 4 is 5.69 Å². The average Bonchev–Trinajstić information content (AvgIpc) is 2.48. The molecule has 1 aromatic carbocycles. The number of ether oxygens (including phenoxy) is 2. The van der Waals surface area contributed by atoms with Crippen molar-refractivity contribution in [1.82, 2.24) is 4.98 Å². The highest BCUT2D eigenvalue weighted by Gasteiger charge is 2.10. The third-order valence-corrected chi connectivity index (χ3v) is 3.07. The van der Waals surface area contributed by atoms with Crippen molar-refractivity contribution in [2.24, 2.45) is 0 Å². The van der Waals surface area contributed by atoms with E-state index >= 15 is 0 Å². The normalized spacial score (nSPS) is 11.8. The van der Waals surface area contributed by atoms with Crippen molar-refractivity contribution < 1.29 is 13.9 Å². The molecule has 112 valence electrons. The zero-order valence-corrected chi connectivity index (χ0v) is 12.4. The first kappa shape index (κ1) is 15.1. The van der Waals surface area contributed by atoms with Crippen LogP contribution in [0.15, 0.2) is 36.7 Å². The number of hydrogen-bond donors (Lipinski definition) is 1. The fourth-order valence-corrected chi connectivity index (χ4v) is 2.03. The molecule has 1 heterocycles. The van der Waals surface area contributed by atoms with Gasteiger partial charge in [-0.25, -0.2) is 4.39 Å². The van der Waals surface area contributed by atoms with Crippen LogP contribution in [0.1, 0.15) is 25.5 Å². The Bertz CT molecular complexity index is 605. The van der Waals surface area contributed by atoms with Gasteiger partial charge < -0.3 is 14.8 Å². The molecule has 0 aliphatic carbocycles. The minimum Gasteiger partial charge on any atom is -0.493 e. The molecule has 0 saturated heterocycles. The first-order valence-electron chi connectivity index (χ1n) is 6.82. The summed E-state index contributed by atoms with van der Waals surface area (Å²) >= 11 is 0. The van der Waals surface area contributed by atoms with Crippen LogP contribution >= 0.6 is 0 Å². The van der Waals surface area contributed by atoms with E-state index in [1.807, 2.05) is 32.0 Å². The van der Waals surface area contributed by atoms with Gasteiger partial charge in [0.15, 0.2) is 11.5 Å². The molecule has 2 aromatic rings. The molecule has 0 saturated carbocycles. The van der Waals surface area contributed by atoms with Crippen LogP contribution in [0.2, 0.25) is 0 Å². The Morgan fingerprint density at radius 2 is 2.05 bits per heavy atom. The molecule has 1 N–H and O–H groups in total. The van der Waals surface area contributed by atoms with E-state index in [9.17, 15) is 4.39 Å². The van der Waals surface area contributed by atoms with Crippen LogP contribution in [-0.2, 0) is 0 Å². The second-order valence-electron chi connectivity index (χ2n) is 4.60. The lowest BCUT2D eigenvalue weighted by atomic mass is 10.1. The second kappa shape index (κ2) is 6.92. The van der Waals surface area contributed by atoms with Gasteiger partial charge in [0, 0.05) is 18.0 Å². The Morgan fingerprint density at radius 1 is 1.24 bits per heavy atom. The molecule has 1 atom stereocenters. The van der Waals surface area contributed by atoms with Crippen molar-refractivity contribution in [2.75, 3.05) is 19.0 Å². The van der Waals surface area contributed by atoms with E-state index in [-0.39, 0.29) is 11.9 Å². The zero-order valence-electron chi connectivity index (χ0n) is 12.4. The molecule has 2 rings (SSSR count). The van der Waals surface area contributed by atoms with Crippen molar-refractivity contribution in [3.05, 3.63) is 48.0 Å². The molecule has 0 fully saturated rings. The maximum Gasteiger partial charge on any atom is 0.163 e. The predicted octanol–water partition coefficient (Wildman–Crippen LogP) is 3.80. The van der Waals surface area contributed by atoms with Crippen molar-refractivity contribution in [2.45, 2.75) is 19.9 Å². The molecule has 4 nitrogen and oxygen atoms in total.